The maximum absolute atomic E-state index is 5.74. The van der Waals surface area contributed by atoms with Crippen molar-refractivity contribution in [2.24, 2.45) is 5.73 Å². The van der Waals surface area contributed by atoms with Crippen LogP contribution in [0.15, 0.2) is 24.5 Å². The quantitative estimate of drug-likeness (QED) is 0.816. The number of nitrogens with zero attached hydrogens (tertiary/aromatic N) is 2. The van der Waals surface area contributed by atoms with Crippen LogP contribution in [0.2, 0.25) is 0 Å². The van der Waals surface area contributed by atoms with Crippen LogP contribution in [0.25, 0.3) is 5.65 Å². The Labute approximate surface area is 101 Å². The van der Waals surface area contributed by atoms with E-state index in [0.29, 0.717) is 12.5 Å². The molecule has 4 heteroatoms. The summed E-state index contributed by atoms with van der Waals surface area (Å²) in [7, 11) is 0. The molecule has 17 heavy (non-hydrogen) atoms. The summed E-state index contributed by atoms with van der Waals surface area (Å²) in [5.41, 5.74) is 9.05. The van der Waals surface area contributed by atoms with Crippen molar-refractivity contribution in [2.75, 3.05) is 13.1 Å². The van der Waals surface area contributed by atoms with Crippen LogP contribution in [0.4, 0.5) is 0 Å². The Morgan fingerprint density at radius 1 is 1.53 bits per heavy atom. The molecule has 3 heterocycles. The van der Waals surface area contributed by atoms with E-state index in [-0.39, 0.29) is 0 Å². The number of nitrogens with two attached hydrogens (primary N) is 1. The van der Waals surface area contributed by atoms with Crippen LogP contribution < -0.4 is 11.1 Å². The van der Waals surface area contributed by atoms with Gasteiger partial charge in [-0.3, -0.25) is 0 Å². The molecule has 1 aliphatic heterocycles. The maximum Gasteiger partial charge on any atom is 0.141 e. The smallest absolute Gasteiger partial charge is 0.141 e. The van der Waals surface area contributed by atoms with E-state index in [2.05, 4.69) is 15.9 Å². The molecular formula is C13H18N4. The first kappa shape index (κ1) is 10.7. The number of fused-ring (bicyclic) bond motifs is 1. The third kappa shape index (κ3) is 1.94. The molecule has 0 bridgehead atoms. The molecule has 1 fully saturated rings. The lowest BCUT2D eigenvalue weighted by atomic mass is 9.97. The first-order chi connectivity index (χ1) is 8.38. The van der Waals surface area contributed by atoms with Crippen LogP contribution in [0.3, 0.4) is 0 Å². The van der Waals surface area contributed by atoms with Crippen LogP contribution in [-0.4, -0.2) is 22.5 Å². The summed E-state index contributed by atoms with van der Waals surface area (Å²) in [6, 6.07) is 4.07. The van der Waals surface area contributed by atoms with Gasteiger partial charge < -0.3 is 15.5 Å². The fraction of sp³-hybridized carbons (Fsp3) is 0.462. The predicted molar refractivity (Wildman–Crippen MR) is 67.9 cm³/mol. The summed E-state index contributed by atoms with van der Waals surface area (Å²) in [6.45, 7) is 2.73. The van der Waals surface area contributed by atoms with Crippen LogP contribution in [0, 0.1) is 0 Å². The highest BCUT2D eigenvalue weighted by Gasteiger charge is 2.18. The number of hydrogen-bond donors (Lipinski definition) is 2. The van der Waals surface area contributed by atoms with Gasteiger partial charge in [0.15, 0.2) is 0 Å². The molecule has 90 valence electrons. The lowest BCUT2D eigenvalue weighted by Gasteiger charge is -2.20. The molecule has 2 aromatic rings. The molecule has 1 atom stereocenters. The minimum atomic E-state index is 0.545. The van der Waals surface area contributed by atoms with Gasteiger partial charge in [-0.1, -0.05) is 6.07 Å². The van der Waals surface area contributed by atoms with Gasteiger partial charge in [-0.15, -0.1) is 0 Å². The molecule has 0 spiro atoms. The second-order valence-electron chi connectivity index (χ2n) is 4.68. The second-order valence-corrected chi connectivity index (χ2v) is 4.68. The Kier molecular flexibility index (Phi) is 2.82. The van der Waals surface area contributed by atoms with Gasteiger partial charge in [0.2, 0.25) is 0 Å². The van der Waals surface area contributed by atoms with Gasteiger partial charge in [0.05, 0.1) is 5.69 Å². The van der Waals surface area contributed by atoms with Gasteiger partial charge in [-0.2, -0.15) is 0 Å². The summed E-state index contributed by atoms with van der Waals surface area (Å²) in [5, 5.41) is 3.43. The number of piperidine rings is 1. The molecule has 0 radical (unpaired) electrons. The molecule has 0 amide bonds. The number of hydrogen-bond acceptors (Lipinski definition) is 3. The van der Waals surface area contributed by atoms with E-state index in [9.17, 15) is 0 Å². The van der Waals surface area contributed by atoms with Crippen molar-refractivity contribution in [1.29, 1.82) is 0 Å². The molecule has 0 aliphatic carbocycles. The molecule has 4 nitrogen and oxygen atoms in total. The SMILES string of the molecule is NCc1cccn2cc(C3CCCNC3)nc12. The largest absolute Gasteiger partial charge is 0.326 e. The van der Waals surface area contributed by atoms with Crippen molar-refractivity contribution < 1.29 is 0 Å². The highest BCUT2D eigenvalue weighted by Crippen LogP contribution is 2.23. The Balaban J connectivity index is 2.00. The fourth-order valence-corrected chi connectivity index (χ4v) is 2.55. The molecule has 1 unspecified atom stereocenters. The topological polar surface area (TPSA) is 55.4 Å². The summed E-state index contributed by atoms with van der Waals surface area (Å²) >= 11 is 0. The Morgan fingerprint density at radius 3 is 3.24 bits per heavy atom. The van der Waals surface area contributed by atoms with E-state index < -0.39 is 0 Å². The number of aromatic nitrogens is 2. The van der Waals surface area contributed by atoms with E-state index in [1.54, 1.807) is 0 Å². The molecule has 3 N–H and O–H groups in total. The molecule has 2 aromatic heterocycles. The van der Waals surface area contributed by atoms with E-state index in [4.69, 9.17) is 10.7 Å². The Morgan fingerprint density at radius 2 is 2.47 bits per heavy atom. The average molecular weight is 230 g/mol. The molecule has 0 aromatic carbocycles. The van der Waals surface area contributed by atoms with Crippen LogP contribution in [0.1, 0.15) is 30.0 Å². The number of imidazole rings is 1. The molecular weight excluding hydrogens is 212 g/mol. The van der Waals surface area contributed by atoms with Gasteiger partial charge in [0, 0.05) is 37.0 Å². The number of rotatable bonds is 2. The number of nitrogens with one attached hydrogen (secondary N) is 1. The minimum absolute atomic E-state index is 0.545. The minimum Gasteiger partial charge on any atom is -0.326 e. The van der Waals surface area contributed by atoms with Crippen molar-refractivity contribution in [1.82, 2.24) is 14.7 Å². The van der Waals surface area contributed by atoms with Crippen LogP contribution >= 0.6 is 0 Å². The lowest BCUT2D eigenvalue weighted by molar-refractivity contribution is 0.456. The molecule has 1 aliphatic rings. The number of pyridine rings is 1. The molecule has 1 saturated heterocycles. The highest BCUT2D eigenvalue weighted by atomic mass is 15.0. The normalized spacial score (nSPS) is 20.9. The average Bonchev–Trinajstić information content (AvgIpc) is 2.83. The van der Waals surface area contributed by atoms with Crippen molar-refractivity contribution >= 4 is 5.65 Å². The van der Waals surface area contributed by atoms with Crippen molar-refractivity contribution in [2.45, 2.75) is 25.3 Å². The highest BCUT2D eigenvalue weighted by molar-refractivity contribution is 5.49. The third-order valence-corrected chi connectivity index (χ3v) is 3.52. The fourth-order valence-electron chi connectivity index (χ4n) is 2.55. The summed E-state index contributed by atoms with van der Waals surface area (Å²) < 4.78 is 2.09. The van der Waals surface area contributed by atoms with Crippen molar-refractivity contribution in [3.8, 4) is 0 Å². The zero-order valence-corrected chi connectivity index (χ0v) is 9.89. The predicted octanol–water partition coefficient (Wildman–Crippen LogP) is 1.26. The summed E-state index contributed by atoms with van der Waals surface area (Å²) in [4.78, 5) is 4.75. The molecule has 3 rings (SSSR count). The second kappa shape index (κ2) is 4.47. The van der Waals surface area contributed by atoms with E-state index in [1.807, 2.05) is 18.3 Å². The van der Waals surface area contributed by atoms with Crippen LogP contribution in [-0.2, 0) is 6.54 Å². The van der Waals surface area contributed by atoms with E-state index in [1.165, 1.54) is 18.5 Å². The lowest BCUT2D eigenvalue weighted by Crippen LogP contribution is -2.28. The van der Waals surface area contributed by atoms with Crippen LogP contribution in [0.5, 0.6) is 0 Å². The zero-order chi connectivity index (χ0) is 11.7. The summed E-state index contributed by atoms with van der Waals surface area (Å²) in [5.74, 6) is 0.550. The van der Waals surface area contributed by atoms with Gasteiger partial charge in [0.1, 0.15) is 5.65 Å². The monoisotopic (exact) mass is 230 g/mol. The first-order valence-electron chi connectivity index (χ1n) is 6.26. The van der Waals surface area contributed by atoms with Crippen molar-refractivity contribution in [3.63, 3.8) is 0 Å². The Hall–Kier alpha value is -1.39. The van der Waals surface area contributed by atoms with Gasteiger partial charge in [-0.05, 0) is 25.5 Å². The first-order valence-corrected chi connectivity index (χ1v) is 6.26. The zero-order valence-electron chi connectivity index (χ0n) is 9.89. The summed E-state index contributed by atoms with van der Waals surface area (Å²) in [6.07, 6.45) is 6.66. The van der Waals surface area contributed by atoms with Gasteiger partial charge in [-0.25, -0.2) is 4.98 Å². The Bertz CT molecular complexity index is 511. The van der Waals surface area contributed by atoms with Crippen molar-refractivity contribution in [3.05, 3.63) is 35.8 Å². The van der Waals surface area contributed by atoms with E-state index >= 15 is 0 Å². The van der Waals surface area contributed by atoms with Gasteiger partial charge in [0.25, 0.3) is 0 Å². The maximum atomic E-state index is 5.74. The standard InChI is InChI=1S/C13H18N4/c14-7-10-4-2-6-17-9-12(16-13(10)17)11-3-1-5-15-8-11/h2,4,6,9,11,15H,1,3,5,7-8,14H2. The van der Waals surface area contributed by atoms with Gasteiger partial charge >= 0.3 is 0 Å². The van der Waals surface area contributed by atoms with E-state index in [0.717, 1.165) is 24.3 Å². The third-order valence-electron chi connectivity index (χ3n) is 3.52. The molecule has 0 saturated carbocycles.